The van der Waals surface area contributed by atoms with Crippen LogP contribution in [-0.2, 0) is 10.7 Å². The Morgan fingerprint density at radius 1 is 1.29 bits per heavy atom. The van der Waals surface area contributed by atoms with Crippen molar-refractivity contribution in [3.63, 3.8) is 0 Å². The van der Waals surface area contributed by atoms with Crippen molar-refractivity contribution in [2.75, 3.05) is 36.4 Å². The van der Waals surface area contributed by atoms with E-state index in [2.05, 4.69) is 20.6 Å². The fraction of sp³-hybridized carbons (Fsp3) is 0.450. The number of cyclic esters (lactones) is 1. The lowest BCUT2D eigenvalue weighted by Gasteiger charge is -2.30. The number of amides is 1. The number of nitrogens with zero attached hydrogens (tertiary/aromatic N) is 3. The van der Waals surface area contributed by atoms with E-state index in [4.69, 9.17) is 4.74 Å². The summed E-state index contributed by atoms with van der Waals surface area (Å²) in [7, 11) is 0. The minimum absolute atomic E-state index is 0.0863. The number of carbonyl (C=O) groups excluding carboxylic acids is 1. The molecule has 166 valence electrons. The SMILES string of the molecule is CCC(F)(F)c1cc(-c2ccnc3c2[C@H](C(F)F)OC(=O)N3)nc(N2CCNCC2)c1. The number of pyridine rings is 2. The van der Waals surface area contributed by atoms with Crippen LogP contribution in [0.2, 0.25) is 0 Å². The van der Waals surface area contributed by atoms with E-state index in [1.165, 1.54) is 31.3 Å². The number of hydrogen-bond acceptors (Lipinski definition) is 6. The Bertz CT molecular complexity index is 982. The lowest BCUT2D eigenvalue weighted by Crippen LogP contribution is -2.44. The molecule has 1 amide bonds. The topological polar surface area (TPSA) is 79.4 Å². The number of alkyl halides is 4. The van der Waals surface area contributed by atoms with E-state index in [0.29, 0.717) is 32.0 Å². The number of nitrogens with one attached hydrogen (secondary N) is 2. The van der Waals surface area contributed by atoms with Crippen molar-refractivity contribution in [3.8, 4) is 11.3 Å². The van der Waals surface area contributed by atoms with Gasteiger partial charge >= 0.3 is 6.09 Å². The Hall–Kier alpha value is -2.95. The fourth-order valence-electron chi connectivity index (χ4n) is 3.69. The molecule has 31 heavy (non-hydrogen) atoms. The number of halogens is 4. The van der Waals surface area contributed by atoms with Crippen LogP contribution in [0.5, 0.6) is 0 Å². The molecule has 0 radical (unpaired) electrons. The molecular formula is C20H21F4N5O2. The minimum Gasteiger partial charge on any atom is -0.435 e. The first-order chi connectivity index (χ1) is 14.8. The molecule has 2 aromatic heterocycles. The summed E-state index contributed by atoms with van der Waals surface area (Å²) in [5.74, 6) is -2.89. The highest BCUT2D eigenvalue weighted by molar-refractivity contribution is 5.89. The second-order valence-corrected chi connectivity index (χ2v) is 7.30. The van der Waals surface area contributed by atoms with Gasteiger partial charge in [0.2, 0.25) is 0 Å². The van der Waals surface area contributed by atoms with Crippen LogP contribution >= 0.6 is 0 Å². The maximum absolute atomic E-state index is 14.7. The van der Waals surface area contributed by atoms with Gasteiger partial charge in [0.1, 0.15) is 11.6 Å². The van der Waals surface area contributed by atoms with Gasteiger partial charge in [-0.25, -0.2) is 32.3 Å². The summed E-state index contributed by atoms with van der Waals surface area (Å²) in [6, 6.07) is 3.95. The number of carbonyl (C=O) groups is 1. The Labute approximate surface area is 175 Å². The molecule has 11 heteroatoms. The predicted molar refractivity (Wildman–Crippen MR) is 106 cm³/mol. The van der Waals surface area contributed by atoms with Crippen LogP contribution in [0.4, 0.5) is 34.0 Å². The molecule has 0 spiro atoms. The third-order valence-electron chi connectivity index (χ3n) is 5.35. The number of anilines is 2. The molecule has 0 unspecified atom stereocenters. The molecule has 0 aliphatic carbocycles. The third kappa shape index (κ3) is 4.14. The summed E-state index contributed by atoms with van der Waals surface area (Å²) in [6.45, 7) is 3.85. The first-order valence-corrected chi connectivity index (χ1v) is 9.91. The molecule has 4 rings (SSSR count). The highest BCUT2D eigenvalue weighted by Crippen LogP contribution is 2.42. The number of ether oxygens (including phenoxy) is 1. The molecule has 2 aliphatic heterocycles. The van der Waals surface area contributed by atoms with Gasteiger partial charge in [-0.05, 0) is 18.2 Å². The van der Waals surface area contributed by atoms with Crippen molar-refractivity contribution < 1.29 is 27.1 Å². The Morgan fingerprint density at radius 2 is 2.03 bits per heavy atom. The summed E-state index contributed by atoms with van der Waals surface area (Å²) >= 11 is 0. The standard InChI is InChI=1S/C20H21F4N5O2/c1-2-20(23,24)11-9-13(27-14(10-11)29-7-5-25-6-8-29)12-3-4-26-18-15(12)16(17(21)22)31-19(30)28-18/h3-4,9-10,16-17,25H,2,5-8H2,1H3,(H,26,28,30)/t16-/m1/s1. The van der Waals surface area contributed by atoms with Crippen LogP contribution in [0.3, 0.4) is 0 Å². The first kappa shape index (κ1) is 21.3. The van der Waals surface area contributed by atoms with Gasteiger partial charge in [-0.15, -0.1) is 0 Å². The van der Waals surface area contributed by atoms with E-state index in [1.807, 2.05) is 4.90 Å². The maximum atomic E-state index is 14.7. The molecule has 1 fully saturated rings. The summed E-state index contributed by atoms with van der Waals surface area (Å²) in [5.41, 5.74) is -0.107. The minimum atomic E-state index is -3.12. The van der Waals surface area contributed by atoms with Gasteiger partial charge < -0.3 is 15.0 Å². The number of rotatable bonds is 5. The summed E-state index contributed by atoms with van der Waals surface area (Å²) in [4.78, 5) is 22.0. The smallest absolute Gasteiger partial charge is 0.413 e. The fourth-order valence-corrected chi connectivity index (χ4v) is 3.69. The van der Waals surface area contributed by atoms with Crippen LogP contribution in [-0.4, -0.2) is 48.7 Å². The normalized spacial score (nSPS) is 19.1. The van der Waals surface area contributed by atoms with Gasteiger partial charge in [-0.3, -0.25) is 5.32 Å². The zero-order valence-electron chi connectivity index (χ0n) is 16.7. The number of piperazine rings is 1. The summed E-state index contributed by atoms with van der Waals surface area (Å²) in [5, 5.41) is 5.47. The highest BCUT2D eigenvalue weighted by atomic mass is 19.3. The summed E-state index contributed by atoms with van der Waals surface area (Å²) in [6.07, 6.45) is -5.08. The second-order valence-electron chi connectivity index (χ2n) is 7.30. The molecule has 4 heterocycles. The van der Waals surface area contributed by atoms with Gasteiger partial charge in [-0.1, -0.05) is 6.92 Å². The second kappa shape index (κ2) is 8.29. The van der Waals surface area contributed by atoms with E-state index >= 15 is 0 Å². The van der Waals surface area contributed by atoms with Gasteiger partial charge in [0, 0.05) is 49.9 Å². The quantitative estimate of drug-likeness (QED) is 0.688. The van der Waals surface area contributed by atoms with Gasteiger partial charge in [-0.2, -0.15) is 0 Å². The number of fused-ring (bicyclic) bond motifs is 1. The van der Waals surface area contributed by atoms with E-state index in [0.717, 1.165) is 0 Å². The molecule has 0 saturated carbocycles. The molecule has 2 aliphatic rings. The van der Waals surface area contributed by atoms with Crippen molar-refractivity contribution in [2.24, 2.45) is 0 Å². The van der Waals surface area contributed by atoms with Crippen LogP contribution < -0.4 is 15.5 Å². The molecule has 7 nitrogen and oxygen atoms in total. The van der Waals surface area contributed by atoms with Crippen LogP contribution in [0.15, 0.2) is 24.4 Å². The first-order valence-electron chi connectivity index (χ1n) is 9.91. The highest BCUT2D eigenvalue weighted by Gasteiger charge is 2.38. The van der Waals surface area contributed by atoms with Crippen molar-refractivity contribution in [2.45, 2.75) is 31.8 Å². The Kier molecular flexibility index (Phi) is 5.69. The zero-order chi connectivity index (χ0) is 22.2. The van der Waals surface area contributed by atoms with Gasteiger partial charge in [0.25, 0.3) is 12.3 Å². The Morgan fingerprint density at radius 3 is 2.71 bits per heavy atom. The van der Waals surface area contributed by atoms with Crippen molar-refractivity contribution >= 4 is 17.7 Å². The molecule has 1 atom stereocenters. The van der Waals surface area contributed by atoms with Gasteiger partial charge in [0.05, 0.1) is 11.3 Å². The lowest BCUT2D eigenvalue weighted by molar-refractivity contribution is -0.0168. The van der Waals surface area contributed by atoms with E-state index in [1.54, 1.807) is 0 Å². The maximum Gasteiger partial charge on any atom is 0.413 e. The van der Waals surface area contributed by atoms with Crippen molar-refractivity contribution in [1.82, 2.24) is 15.3 Å². The average Bonchev–Trinajstić information content (AvgIpc) is 2.78. The van der Waals surface area contributed by atoms with E-state index in [9.17, 15) is 22.4 Å². The van der Waals surface area contributed by atoms with Crippen LogP contribution in [0.25, 0.3) is 11.3 Å². The van der Waals surface area contributed by atoms with Crippen molar-refractivity contribution in [3.05, 3.63) is 35.5 Å². The largest absolute Gasteiger partial charge is 0.435 e. The molecule has 2 aromatic rings. The van der Waals surface area contributed by atoms with Crippen molar-refractivity contribution in [1.29, 1.82) is 0 Å². The molecule has 0 aromatic carbocycles. The monoisotopic (exact) mass is 439 g/mol. The zero-order valence-corrected chi connectivity index (χ0v) is 16.7. The predicted octanol–water partition coefficient (Wildman–Crippen LogP) is 3.92. The third-order valence-corrected chi connectivity index (χ3v) is 5.35. The average molecular weight is 439 g/mol. The molecule has 1 saturated heterocycles. The number of aromatic nitrogens is 2. The van der Waals surface area contributed by atoms with Crippen LogP contribution in [0, 0.1) is 0 Å². The summed E-state index contributed by atoms with van der Waals surface area (Å²) < 4.78 is 61.4. The number of hydrogen-bond donors (Lipinski definition) is 2. The van der Waals surface area contributed by atoms with Gasteiger partial charge in [0.15, 0.2) is 6.10 Å². The van der Waals surface area contributed by atoms with E-state index < -0.39 is 31.0 Å². The molecule has 2 N–H and O–H groups in total. The Balaban J connectivity index is 1.89. The lowest BCUT2D eigenvalue weighted by atomic mass is 9.97. The van der Waals surface area contributed by atoms with E-state index in [-0.39, 0.29) is 28.2 Å². The molecular weight excluding hydrogens is 418 g/mol. The molecule has 0 bridgehead atoms. The van der Waals surface area contributed by atoms with Crippen LogP contribution in [0.1, 0.15) is 30.6 Å².